The predicted molar refractivity (Wildman–Crippen MR) is 60.8 cm³/mol. The highest BCUT2D eigenvalue weighted by atomic mass is 32.2. The van der Waals surface area contributed by atoms with Gasteiger partial charge in [-0.3, -0.25) is 4.79 Å². The first-order chi connectivity index (χ1) is 6.75. The molecule has 1 fully saturated rings. The van der Waals surface area contributed by atoms with Crippen LogP contribution in [0, 0.1) is 0 Å². The molecule has 1 heterocycles. The second kappa shape index (κ2) is 5.76. The van der Waals surface area contributed by atoms with Crippen molar-refractivity contribution in [2.75, 3.05) is 18.1 Å². The minimum absolute atomic E-state index is 0.318. The van der Waals surface area contributed by atoms with Crippen LogP contribution in [-0.2, 0) is 9.53 Å². The van der Waals surface area contributed by atoms with Crippen molar-refractivity contribution in [2.45, 2.75) is 45.1 Å². The first-order valence-electron chi connectivity index (χ1n) is 5.50. The average molecular weight is 216 g/mol. The molecular formula is C11H20O2S. The van der Waals surface area contributed by atoms with Crippen molar-refractivity contribution in [1.29, 1.82) is 0 Å². The van der Waals surface area contributed by atoms with Gasteiger partial charge in [-0.1, -0.05) is 13.8 Å². The van der Waals surface area contributed by atoms with Crippen molar-refractivity contribution in [2.24, 2.45) is 0 Å². The Bertz CT molecular complexity index is 186. The van der Waals surface area contributed by atoms with Gasteiger partial charge in [-0.25, -0.2) is 0 Å². The minimum atomic E-state index is -0.420. The third kappa shape index (κ3) is 2.74. The van der Waals surface area contributed by atoms with Crippen LogP contribution in [0.5, 0.6) is 0 Å². The van der Waals surface area contributed by atoms with Crippen LogP contribution in [0.25, 0.3) is 0 Å². The first kappa shape index (κ1) is 12.1. The molecule has 0 spiro atoms. The number of ketones is 1. The van der Waals surface area contributed by atoms with Crippen molar-refractivity contribution in [3.05, 3.63) is 0 Å². The molecule has 0 aromatic carbocycles. The Labute approximate surface area is 90.8 Å². The normalized spacial score (nSPS) is 26.7. The largest absolute Gasteiger partial charge is 0.366 e. The van der Waals surface area contributed by atoms with E-state index in [1.807, 2.05) is 18.7 Å². The highest BCUT2D eigenvalue weighted by Gasteiger charge is 2.41. The summed E-state index contributed by atoms with van der Waals surface area (Å²) in [6.45, 7) is 4.85. The summed E-state index contributed by atoms with van der Waals surface area (Å²) in [4.78, 5) is 11.9. The maximum atomic E-state index is 11.9. The van der Waals surface area contributed by atoms with Crippen LogP contribution in [0.15, 0.2) is 0 Å². The maximum absolute atomic E-state index is 11.9. The molecule has 0 saturated carbocycles. The summed E-state index contributed by atoms with van der Waals surface area (Å²) in [5.74, 6) is 2.25. The van der Waals surface area contributed by atoms with Gasteiger partial charge in [-0.2, -0.15) is 11.8 Å². The number of ether oxygens (including phenoxy) is 1. The fraction of sp³-hybridized carbons (Fsp3) is 0.909. The quantitative estimate of drug-likeness (QED) is 0.683. The number of hydrogen-bond donors (Lipinski definition) is 0. The molecule has 1 unspecified atom stereocenters. The van der Waals surface area contributed by atoms with E-state index >= 15 is 0 Å². The molecule has 1 aliphatic heterocycles. The molecule has 0 bridgehead atoms. The van der Waals surface area contributed by atoms with Gasteiger partial charge in [0.25, 0.3) is 0 Å². The molecule has 0 aliphatic carbocycles. The summed E-state index contributed by atoms with van der Waals surface area (Å²) in [7, 11) is 0. The van der Waals surface area contributed by atoms with Crippen molar-refractivity contribution in [3.63, 3.8) is 0 Å². The molecule has 0 amide bonds. The Hall–Kier alpha value is -0.0200. The summed E-state index contributed by atoms with van der Waals surface area (Å²) in [5.41, 5.74) is -0.420. The van der Waals surface area contributed by atoms with Crippen LogP contribution < -0.4 is 0 Å². The molecule has 82 valence electrons. The van der Waals surface area contributed by atoms with E-state index in [-0.39, 0.29) is 0 Å². The van der Waals surface area contributed by atoms with Crippen molar-refractivity contribution < 1.29 is 9.53 Å². The van der Waals surface area contributed by atoms with E-state index in [1.54, 1.807) is 0 Å². The molecular weight excluding hydrogens is 196 g/mol. The van der Waals surface area contributed by atoms with Crippen LogP contribution in [-0.4, -0.2) is 29.5 Å². The van der Waals surface area contributed by atoms with Crippen molar-refractivity contribution in [1.82, 2.24) is 0 Å². The SMILES string of the molecule is CCCOC1(C(=O)CCC)CCSC1. The molecule has 1 rings (SSSR count). The minimum Gasteiger partial charge on any atom is -0.366 e. The van der Waals surface area contributed by atoms with Gasteiger partial charge in [0.05, 0.1) is 0 Å². The van der Waals surface area contributed by atoms with E-state index in [2.05, 4.69) is 6.92 Å². The highest BCUT2D eigenvalue weighted by Crippen LogP contribution is 2.33. The average Bonchev–Trinajstić information content (AvgIpc) is 2.65. The lowest BCUT2D eigenvalue weighted by atomic mass is 9.94. The van der Waals surface area contributed by atoms with Gasteiger partial charge in [0, 0.05) is 18.8 Å². The monoisotopic (exact) mass is 216 g/mol. The molecule has 1 saturated heterocycles. The molecule has 1 atom stereocenters. The molecule has 0 aromatic heterocycles. The number of carbonyl (C=O) groups is 1. The van der Waals surface area contributed by atoms with Crippen LogP contribution in [0.3, 0.4) is 0 Å². The topological polar surface area (TPSA) is 26.3 Å². The molecule has 0 aromatic rings. The van der Waals surface area contributed by atoms with E-state index in [0.29, 0.717) is 12.2 Å². The van der Waals surface area contributed by atoms with Crippen LogP contribution in [0.4, 0.5) is 0 Å². The number of rotatable bonds is 6. The van der Waals surface area contributed by atoms with E-state index in [1.165, 1.54) is 0 Å². The Morgan fingerprint density at radius 3 is 2.71 bits per heavy atom. The predicted octanol–water partition coefficient (Wildman–Crippen LogP) is 2.66. The summed E-state index contributed by atoms with van der Waals surface area (Å²) >= 11 is 1.84. The van der Waals surface area contributed by atoms with E-state index in [9.17, 15) is 4.79 Å². The standard InChI is InChI=1S/C11H20O2S/c1-3-5-10(12)11(13-7-4-2)6-8-14-9-11/h3-9H2,1-2H3. The Kier molecular flexibility index (Phi) is 4.96. The lowest BCUT2D eigenvalue weighted by molar-refractivity contribution is -0.141. The van der Waals surface area contributed by atoms with Gasteiger partial charge >= 0.3 is 0 Å². The Morgan fingerprint density at radius 1 is 1.43 bits per heavy atom. The molecule has 1 aliphatic rings. The van der Waals surface area contributed by atoms with E-state index < -0.39 is 5.60 Å². The summed E-state index contributed by atoms with van der Waals surface area (Å²) in [5, 5.41) is 0. The first-order valence-corrected chi connectivity index (χ1v) is 6.65. The zero-order valence-electron chi connectivity index (χ0n) is 9.17. The summed E-state index contributed by atoms with van der Waals surface area (Å²) in [6, 6.07) is 0. The van der Waals surface area contributed by atoms with Gasteiger partial charge in [0.15, 0.2) is 5.78 Å². The third-order valence-electron chi connectivity index (χ3n) is 2.55. The van der Waals surface area contributed by atoms with Crippen LogP contribution in [0.2, 0.25) is 0 Å². The lowest BCUT2D eigenvalue weighted by Crippen LogP contribution is -2.41. The molecule has 3 heteroatoms. The fourth-order valence-corrected chi connectivity index (χ4v) is 3.05. The highest BCUT2D eigenvalue weighted by molar-refractivity contribution is 7.99. The number of hydrogen-bond acceptors (Lipinski definition) is 3. The third-order valence-corrected chi connectivity index (χ3v) is 3.72. The second-order valence-electron chi connectivity index (χ2n) is 3.82. The smallest absolute Gasteiger partial charge is 0.165 e. The van der Waals surface area contributed by atoms with Gasteiger partial charge in [-0.15, -0.1) is 0 Å². The van der Waals surface area contributed by atoms with Gasteiger partial charge in [-0.05, 0) is 25.0 Å². The Balaban J connectivity index is 2.56. The molecule has 2 nitrogen and oxygen atoms in total. The van der Waals surface area contributed by atoms with Gasteiger partial charge in [0.2, 0.25) is 0 Å². The lowest BCUT2D eigenvalue weighted by Gasteiger charge is -2.26. The number of carbonyl (C=O) groups excluding carboxylic acids is 1. The maximum Gasteiger partial charge on any atom is 0.165 e. The van der Waals surface area contributed by atoms with E-state index in [0.717, 1.165) is 37.4 Å². The zero-order valence-corrected chi connectivity index (χ0v) is 9.99. The van der Waals surface area contributed by atoms with Crippen molar-refractivity contribution in [3.8, 4) is 0 Å². The molecule has 0 N–H and O–H groups in total. The second-order valence-corrected chi connectivity index (χ2v) is 4.92. The van der Waals surface area contributed by atoms with E-state index in [4.69, 9.17) is 4.74 Å². The van der Waals surface area contributed by atoms with Crippen molar-refractivity contribution >= 4 is 17.5 Å². The fourth-order valence-electron chi connectivity index (χ4n) is 1.71. The number of thioether (sulfide) groups is 1. The summed E-state index contributed by atoms with van der Waals surface area (Å²) in [6.07, 6.45) is 3.51. The van der Waals surface area contributed by atoms with Crippen LogP contribution in [0.1, 0.15) is 39.5 Å². The van der Waals surface area contributed by atoms with Gasteiger partial charge < -0.3 is 4.74 Å². The number of Topliss-reactive ketones (excluding diaryl/α,β-unsaturated/α-hetero) is 1. The summed E-state index contributed by atoms with van der Waals surface area (Å²) < 4.78 is 5.78. The van der Waals surface area contributed by atoms with Gasteiger partial charge in [0.1, 0.15) is 5.60 Å². The zero-order chi connectivity index (χ0) is 10.4. The Morgan fingerprint density at radius 2 is 2.21 bits per heavy atom. The molecule has 0 radical (unpaired) electrons. The van der Waals surface area contributed by atoms with Crippen LogP contribution >= 0.6 is 11.8 Å². The molecule has 14 heavy (non-hydrogen) atoms.